The number of hydrogen-bond donors (Lipinski definition) is 0. The van der Waals surface area contributed by atoms with Crippen LogP contribution in [0, 0.1) is 0 Å². The van der Waals surface area contributed by atoms with E-state index in [4.69, 9.17) is 0 Å². The first-order valence-electron chi connectivity index (χ1n) is 10.8. The van der Waals surface area contributed by atoms with Crippen LogP contribution in [-0.2, 0) is 6.42 Å². The van der Waals surface area contributed by atoms with E-state index in [2.05, 4.69) is 133 Å². The summed E-state index contributed by atoms with van der Waals surface area (Å²) in [6.07, 6.45) is 0.885. The number of hydrogen-bond acceptors (Lipinski definition) is 0. The van der Waals surface area contributed by atoms with Gasteiger partial charge in [0.1, 0.15) is 0 Å². The Morgan fingerprint density at radius 2 is 0.774 bits per heavy atom. The molecule has 0 heteroatoms. The van der Waals surface area contributed by atoms with E-state index in [-0.39, 0.29) is 0 Å². The third kappa shape index (κ3) is 4.06. The zero-order chi connectivity index (χ0) is 20.9. The van der Waals surface area contributed by atoms with Crippen LogP contribution in [0.5, 0.6) is 0 Å². The Balaban J connectivity index is 1.67. The lowest BCUT2D eigenvalue weighted by molar-refractivity contribution is 1.20. The largest absolute Gasteiger partial charge is 0.0622 e. The molecule has 5 rings (SSSR count). The highest BCUT2D eigenvalue weighted by molar-refractivity contribution is 5.86. The summed E-state index contributed by atoms with van der Waals surface area (Å²) in [7, 11) is 0. The van der Waals surface area contributed by atoms with Gasteiger partial charge in [0, 0.05) is 0 Å². The quantitative estimate of drug-likeness (QED) is 0.280. The predicted molar refractivity (Wildman–Crippen MR) is 132 cm³/mol. The van der Waals surface area contributed by atoms with Crippen LogP contribution < -0.4 is 0 Å². The lowest BCUT2D eigenvalue weighted by atomic mass is 9.86. The van der Waals surface area contributed by atoms with Crippen molar-refractivity contribution in [2.24, 2.45) is 0 Å². The maximum atomic E-state index is 2.27. The fraction of sp³-hybridized carbons (Fsp3) is 0.0323. The average Bonchev–Trinajstić information content (AvgIpc) is 2.86. The van der Waals surface area contributed by atoms with Gasteiger partial charge in [-0.05, 0) is 50.9 Å². The van der Waals surface area contributed by atoms with Gasteiger partial charge in [-0.3, -0.25) is 0 Å². The second-order valence-corrected chi connectivity index (χ2v) is 7.77. The minimum atomic E-state index is 0.885. The van der Waals surface area contributed by atoms with Gasteiger partial charge < -0.3 is 0 Å². The minimum Gasteiger partial charge on any atom is -0.0622 e. The molecule has 0 bridgehead atoms. The van der Waals surface area contributed by atoms with Gasteiger partial charge in [0.2, 0.25) is 0 Å². The average molecular weight is 397 g/mol. The Labute approximate surface area is 184 Å². The lowest BCUT2D eigenvalue weighted by Crippen LogP contribution is -1.97. The van der Waals surface area contributed by atoms with Gasteiger partial charge in [0.25, 0.3) is 0 Å². The molecule has 0 atom stereocenters. The molecule has 0 fully saturated rings. The Morgan fingerprint density at radius 1 is 0.323 bits per heavy atom. The molecule has 5 aromatic carbocycles. The molecule has 31 heavy (non-hydrogen) atoms. The van der Waals surface area contributed by atoms with Crippen molar-refractivity contribution in [1.29, 1.82) is 0 Å². The summed E-state index contributed by atoms with van der Waals surface area (Å²) in [5.74, 6) is 0. The highest BCUT2D eigenvalue weighted by Crippen LogP contribution is 2.37. The van der Waals surface area contributed by atoms with Crippen molar-refractivity contribution >= 4 is 0 Å². The Kier molecular flexibility index (Phi) is 5.45. The molecule has 0 saturated heterocycles. The van der Waals surface area contributed by atoms with Crippen LogP contribution in [0.15, 0.2) is 133 Å². The number of benzene rings is 5. The van der Waals surface area contributed by atoms with Gasteiger partial charge in [0.05, 0.1) is 0 Å². The smallest absolute Gasteiger partial charge is 0.00132 e. The molecule has 0 aliphatic carbocycles. The molecule has 0 unspecified atom stereocenters. The molecule has 0 aliphatic rings. The molecule has 0 spiro atoms. The van der Waals surface area contributed by atoms with Crippen molar-refractivity contribution in [3.8, 4) is 33.4 Å². The molecule has 148 valence electrons. The van der Waals surface area contributed by atoms with E-state index in [1.807, 2.05) is 0 Å². The molecular formula is C31H24. The summed E-state index contributed by atoms with van der Waals surface area (Å²) >= 11 is 0. The van der Waals surface area contributed by atoms with E-state index < -0.39 is 0 Å². The highest BCUT2D eigenvalue weighted by Gasteiger charge is 2.14. The zero-order valence-corrected chi connectivity index (χ0v) is 17.4. The SMILES string of the molecule is c1ccc(-c2ccccc2Cc2cccc(-c3ccccc3)c2-c2ccccc2)cc1. The molecule has 0 heterocycles. The van der Waals surface area contributed by atoms with E-state index >= 15 is 0 Å². The summed E-state index contributed by atoms with van der Waals surface area (Å²) in [5.41, 5.74) is 10.4. The van der Waals surface area contributed by atoms with Gasteiger partial charge >= 0.3 is 0 Å². The summed E-state index contributed by atoms with van der Waals surface area (Å²) < 4.78 is 0. The number of rotatable bonds is 5. The van der Waals surface area contributed by atoms with Crippen LogP contribution in [0.3, 0.4) is 0 Å². The fourth-order valence-electron chi connectivity index (χ4n) is 4.33. The molecule has 0 saturated carbocycles. The molecule has 0 amide bonds. The van der Waals surface area contributed by atoms with E-state index in [1.54, 1.807) is 0 Å². The summed E-state index contributed by atoms with van der Waals surface area (Å²) in [5, 5.41) is 0. The van der Waals surface area contributed by atoms with Gasteiger partial charge in [-0.1, -0.05) is 133 Å². The molecule has 0 nitrogen and oxygen atoms in total. The first-order chi connectivity index (χ1) is 15.4. The second-order valence-electron chi connectivity index (χ2n) is 7.77. The Hall–Kier alpha value is -3.90. The monoisotopic (exact) mass is 396 g/mol. The lowest BCUT2D eigenvalue weighted by Gasteiger charge is -2.17. The van der Waals surface area contributed by atoms with E-state index in [9.17, 15) is 0 Å². The fourth-order valence-corrected chi connectivity index (χ4v) is 4.33. The second kappa shape index (κ2) is 8.85. The van der Waals surface area contributed by atoms with Crippen molar-refractivity contribution < 1.29 is 0 Å². The summed E-state index contributed by atoms with van der Waals surface area (Å²) in [4.78, 5) is 0. The van der Waals surface area contributed by atoms with Crippen LogP contribution in [0.4, 0.5) is 0 Å². The summed E-state index contributed by atoms with van der Waals surface area (Å²) in [6, 6.07) is 47.6. The zero-order valence-electron chi connectivity index (χ0n) is 17.4. The molecule has 0 radical (unpaired) electrons. The maximum Gasteiger partial charge on any atom is -0.00132 e. The topological polar surface area (TPSA) is 0 Å². The normalized spacial score (nSPS) is 10.7. The molecule has 0 aromatic heterocycles. The molecular weight excluding hydrogens is 372 g/mol. The van der Waals surface area contributed by atoms with Gasteiger partial charge in [-0.15, -0.1) is 0 Å². The third-order valence-corrected chi connectivity index (χ3v) is 5.78. The van der Waals surface area contributed by atoms with E-state index in [1.165, 1.54) is 44.5 Å². The maximum absolute atomic E-state index is 2.27. The van der Waals surface area contributed by atoms with Gasteiger partial charge in [-0.25, -0.2) is 0 Å². The first kappa shape index (κ1) is 19.1. The van der Waals surface area contributed by atoms with Crippen molar-refractivity contribution in [3.63, 3.8) is 0 Å². The van der Waals surface area contributed by atoms with Crippen LogP contribution >= 0.6 is 0 Å². The van der Waals surface area contributed by atoms with Crippen LogP contribution in [0.1, 0.15) is 11.1 Å². The van der Waals surface area contributed by atoms with Crippen molar-refractivity contribution in [3.05, 3.63) is 145 Å². The van der Waals surface area contributed by atoms with Crippen molar-refractivity contribution in [1.82, 2.24) is 0 Å². The molecule has 0 N–H and O–H groups in total. The Morgan fingerprint density at radius 3 is 1.42 bits per heavy atom. The molecule has 5 aromatic rings. The van der Waals surface area contributed by atoms with E-state index in [0.29, 0.717) is 0 Å². The first-order valence-corrected chi connectivity index (χ1v) is 10.8. The van der Waals surface area contributed by atoms with Crippen molar-refractivity contribution in [2.75, 3.05) is 0 Å². The van der Waals surface area contributed by atoms with Crippen LogP contribution in [-0.4, -0.2) is 0 Å². The molecule has 0 aliphatic heterocycles. The van der Waals surface area contributed by atoms with Gasteiger partial charge in [0.15, 0.2) is 0 Å². The summed E-state index contributed by atoms with van der Waals surface area (Å²) in [6.45, 7) is 0. The van der Waals surface area contributed by atoms with Crippen LogP contribution in [0.25, 0.3) is 33.4 Å². The highest BCUT2D eigenvalue weighted by atomic mass is 14.2. The third-order valence-electron chi connectivity index (χ3n) is 5.78. The standard InChI is InChI=1S/C31H24/c1-4-13-24(14-5-1)29-21-11-10-19-27(29)23-28-20-12-22-30(25-15-6-2-7-16-25)31(28)26-17-8-3-9-18-26/h1-22H,23H2. The van der Waals surface area contributed by atoms with Crippen molar-refractivity contribution in [2.45, 2.75) is 6.42 Å². The Bertz CT molecular complexity index is 1270. The predicted octanol–water partition coefficient (Wildman–Crippen LogP) is 8.28. The van der Waals surface area contributed by atoms with Gasteiger partial charge in [-0.2, -0.15) is 0 Å². The van der Waals surface area contributed by atoms with Crippen LogP contribution in [0.2, 0.25) is 0 Å². The van der Waals surface area contributed by atoms with E-state index in [0.717, 1.165) is 6.42 Å². The minimum absolute atomic E-state index is 0.885.